The van der Waals surface area contributed by atoms with E-state index in [1.165, 1.54) is 83.1 Å². The summed E-state index contributed by atoms with van der Waals surface area (Å²) in [4.78, 5) is 0. The predicted molar refractivity (Wildman–Crippen MR) is 65.9 cm³/mol. The normalized spacial score (nSPS) is 19.7. The Balaban J connectivity index is 0.000000210. The number of rotatable bonds is 0. The average molecular weight is 210 g/mol. The Labute approximate surface area is 94.5 Å². The lowest BCUT2D eigenvalue weighted by Crippen LogP contribution is -1.85. The van der Waals surface area contributed by atoms with E-state index in [1.807, 2.05) is 0 Å². The molecule has 2 fully saturated rings. The summed E-state index contributed by atoms with van der Waals surface area (Å²) in [7, 11) is 0. The summed E-state index contributed by atoms with van der Waals surface area (Å²) in [5, 5.41) is 11.2. The largest absolute Gasteiger partial charge is 0.242 e. The zero-order chi connectivity index (χ0) is 11.2. The Morgan fingerprint density at radius 1 is 0.400 bits per heavy atom. The van der Waals surface area contributed by atoms with E-state index in [-0.39, 0.29) is 0 Å². The maximum Gasteiger partial charge on any atom is 0.0831 e. The summed E-state index contributed by atoms with van der Waals surface area (Å²) in [6.45, 7) is 0. The molecule has 0 aliphatic heterocycles. The van der Waals surface area contributed by atoms with Crippen LogP contribution in [0, 0.1) is 10.8 Å². The third-order valence-electron chi connectivity index (χ3n) is 3.00. The van der Waals surface area contributed by atoms with E-state index in [0.717, 1.165) is 0 Å². The predicted octanol–water partition coefficient (Wildman–Crippen LogP) is 5.00. The van der Waals surface area contributed by atoms with Crippen molar-refractivity contribution in [2.75, 3.05) is 0 Å². The first-order chi connectivity index (χ1) is 7.41. The van der Waals surface area contributed by atoms with Crippen LogP contribution in [0.2, 0.25) is 0 Å². The van der Waals surface area contributed by atoms with Gasteiger partial charge in [0.2, 0.25) is 0 Å². The second-order valence-electron chi connectivity index (χ2n) is 4.37. The third-order valence-corrected chi connectivity index (χ3v) is 3.00. The van der Waals surface area contributed by atoms with E-state index in [9.17, 15) is 0 Å². The molecule has 0 saturated heterocycles. The fourth-order valence-electron chi connectivity index (χ4n) is 2.12. The van der Waals surface area contributed by atoms with Gasteiger partial charge in [-0.05, 0) is 0 Å². The Morgan fingerprint density at radius 3 is 0.533 bits per heavy atom. The Hall–Kier alpha value is -0.620. The lowest BCUT2D eigenvalue weighted by atomic mass is 10.0. The molecule has 2 aliphatic rings. The van der Waals surface area contributed by atoms with Crippen LogP contribution in [-0.2, 0) is 0 Å². The van der Waals surface area contributed by atoms with Gasteiger partial charge in [-0.3, -0.25) is 0 Å². The summed E-state index contributed by atoms with van der Waals surface area (Å²) in [5.41, 5.74) is 0. The van der Waals surface area contributed by atoms with Gasteiger partial charge in [0.1, 0.15) is 0 Å². The first-order valence-corrected chi connectivity index (χ1v) is 6.50. The molecule has 2 saturated carbocycles. The minimum Gasteiger partial charge on any atom is -0.242 e. The first-order valence-electron chi connectivity index (χ1n) is 6.50. The van der Waals surface area contributed by atoms with Crippen molar-refractivity contribution < 1.29 is 0 Å². The molecule has 0 amide bonds. The maximum atomic E-state index is 5.62. The second kappa shape index (κ2) is 13.4. The number of hydrogen-bond acceptors (Lipinski definition) is 2. The summed E-state index contributed by atoms with van der Waals surface area (Å²) in [6, 6.07) is 1.25. The number of hydrogen-bond donors (Lipinski definition) is 2. The molecule has 0 unspecified atom stereocenters. The van der Waals surface area contributed by atoms with Crippen LogP contribution < -0.4 is 0 Å². The minimum absolute atomic E-state index is 1.25. The summed E-state index contributed by atoms with van der Waals surface area (Å²) < 4.78 is 0. The quantitative estimate of drug-likeness (QED) is 0.529. The smallest absolute Gasteiger partial charge is 0.0831 e. The van der Waals surface area contributed by atoms with Crippen LogP contribution in [0.3, 0.4) is 0 Å². The van der Waals surface area contributed by atoms with Crippen LogP contribution in [0.4, 0.5) is 0 Å². The second-order valence-corrected chi connectivity index (χ2v) is 4.37. The van der Waals surface area contributed by atoms with E-state index >= 15 is 0 Å². The average Bonchev–Trinajstić information content (AvgIpc) is 2.35. The fraction of sp³-hybridized carbons (Fsp3) is 0.923. The van der Waals surface area contributed by atoms with Crippen molar-refractivity contribution in [1.82, 2.24) is 0 Å². The molecule has 0 aromatic rings. The van der Waals surface area contributed by atoms with Gasteiger partial charge in [-0.2, -0.15) is 0 Å². The van der Waals surface area contributed by atoms with Gasteiger partial charge in [0, 0.05) is 0 Å². The van der Waals surface area contributed by atoms with Gasteiger partial charge in [-0.15, -0.1) is 0 Å². The molecule has 2 aliphatic carbocycles. The van der Waals surface area contributed by atoms with Gasteiger partial charge in [0.15, 0.2) is 0 Å². The third kappa shape index (κ3) is 13.4. The Morgan fingerprint density at radius 2 is 0.467 bits per heavy atom. The molecule has 0 heterocycles. The van der Waals surface area contributed by atoms with E-state index in [0.29, 0.717) is 0 Å². The van der Waals surface area contributed by atoms with Gasteiger partial charge in [0.05, 0.1) is 6.01 Å². The molecule has 2 rings (SSSR count). The molecule has 0 atom stereocenters. The van der Waals surface area contributed by atoms with Crippen LogP contribution in [-0.4, -0.2) is 6.01 Å². The molecule has 15 heavy (non-hydrogen) atoms. The first kappa shape index (κ1) is 14.4. The zero-order valence-corrected chi connectivity index (χ0v) is 9.99. The van der Waals surface area contributed by atoms with E-state index in [4.69, 9.17) is 10.8 Å². The molecule has 2 N–H and O–H groups in total. The minimum atomic E-state index is 1.25. The molecule has 0 aromatic carbocycles. The lowest BCUT2D eigenvalue weighted by Gasteiger charge is -2.05. The van der Waals surface area contributed by atoms with Crippen LogP contribution in [0.15, 0.2) is 0 Å². The van der Waals surface area contributed by atoms with E-state index in [1.54, 1.807) is 0 Å². The highest BCUT2D eigenvalue weighted by Gasteiger charge is 1.96. The van der Waals surface area contributed by atoms with Crippen molar-refractivity contribution in [3.05, 3.63) is 0 Å². The highest BCUT2D eigenvalue weighted by molar-refractivity contribution is 5.29. The highest BCUT2D eigenvalue weighted by Crippen LogP contribution is 2.15. The summed E-state index contributed by atoms with van der Waals surface area (Å²) in [5.74, 6) is 0. The van der Waals surface area contributed by atoms with Crippen molar-refractivity contribution in [1.29, 1.82) is 10.8 Å². The van der Waals surface area contributed by atoms with Gasteiger partial charge < -0.3 is 0 Å². The summed E-state index contributed by atoms with van der Waals surface area (Å²) in [6.07, 6.45) is 18.0. The van der Waals surface area contributed by atoms with Crippen LogP contribution in [0.1, 0.15) is 77.0 Å². The van der Waals surface area contributed by atoms with Gasteiger partial charge in [-0.25, -0.2) is 10.8 Å². The Kier molecular flexibility index (Phi) is 12.8. The molecular formula is C13H26N2. The molecule has 0 aromatic heterocycles. The van der Waals surface area contributed by atoms with Crippen LogP contribution in [0.5, 0.6) is 0 Å². The monoisotopic (exact) mass is 210 g/mol. The topological polar surface area (TPSA) is 47.7 Å². The Bertz CT molecular complexity index is 106. The van der Waals surface area contributed by atoms with E-state index in [2.05, 4.69) is 0 Å². The van der Waals surface area contributed by atoms with Gasteiger partial charge in [0.25, 0.3) is 0 Å². The molecule has 0 spiro atoms. The standard InChI is InChI=1S/2C6H12.CH2N2/c2*1-2-4-6-5-3-1;2-1-3/h2*1-6H2;2-3H. The van der Waals surface area contributed by atoms with E-state index < -0.39 is 0 Å². The highest BCUT2D eigenvalue weighted by atomic mass is 14.4. The number of nitrogens with one attached hydrogen (secondary N) is 2. The van der Waals surface area contributed by atoms with Gasteiger partial charge >= 0.3 is 0 Å². The van der Waals surface area contributed by atoms with Crippen molar-refractivity contribution in [2.45, 2.75) is 77.0 Å². The van der Waals surface area contributed by atoms with Crippen molar-refractivity contribution in [3.8, 4) is 0 Å². The van der Waals surface area contributed by atoms with Crippen molar-refractivity contribution in [3.63, 3.8) is 0 Å². The molecular weight excluding hydrogens is 184 g/mol. The zero-order valence-electron chi connectivity index (χ0n) is 9.99. The van der Waals surface area contributed by atoms with Crippen molar-refractivity contribution >= 4 is 6.01 Å². The molecule has 2 nitrogen and oxygen atoms in total. The van der Waals surface area contributed by atoms with Gasteiger partial charge in [-0.1, -0.05) is 77.0 Å². The molecule has 0 radical (unpaired) electrons. The van der Waals surface area contributed by atoms with Crippen LogP contribution >= 0.6 is 0 Å². The molecule has 2 heteroatoms. The van der Waals surface area contributed by atoms with Crippen LogP contribution in [0.25, 0.3) is 0 Å². The van der Waals surface area contributed by atoms with Crippen molar-refractivity contribution in [2.24, 2.45) is 0 Å². The molecule has 88 valence electrons. The summed E-state index contributed by atoms with van der Waals surface area (Å²) >= 11 is 0. The lowest BCUT2D eigenvalue weighted by molar-refractivity contribution is 0.504. The fourth-order valence-corrected chi connectivity index (χ4v) is 2.12. The SMILES string of the molecule is C1CCCCC1.C1CCCCC1.N=C=N. The maximum absolute atomic E-state index is 5.62. The molecule has 0 bridgehead atoms.